The van der Waals surface area contributed by atoms with Crippen LogP contribution in [0.4, 0.5) is 5.82 Å². The van der Waals surface area contributed by atoms with E-state index in [2.05, 4.69) is 344 Å². The molecule has 4 aliphatic rings. The maximum atomic E-state index is 11.1. The number of aromatic nitrogens is 7. The van der Waals surface area contributed by atoms with Crippen molar-refractivity contribution in [3.63, 3.8) is 0 Å². The van der Waals surface area contributed by atoms with E-state index in [9.17, 15) is 14.8 Å². The SMILES string of the molecule is Brc1ccc(-c2cn3ccc4ccccc4c3n2)cc1.Brc1ccc(-c2cn3ccc4ccccc4c3n2)cc1.C.Nc1nccc2ccccc12.O=C(CBr)c1ccc(Br)cc1.OB(O)C1=CC=C2C=CC3=C4C(=CC=C1C24)CC=C3.c1ccc2c(c1)ccn1cc(-c3ccc(-c4ccc5ccc6cccc7ccc4c5c67)cc3)nc21. The first-order chi connectivity index (χ1) is 56.8. The Balaban J connectivity index is 0.000000106. The summed E-state index contributed by atoms with van der Waals surface area (Å²) >= 11 is 13.3. The van der Waals surface area contributed by atoms with Gasteiger partial charge in [0.15, 0.2) is 5.78 Å². The molecule has 11 nitrogen and oxygen atoms in total. The number of benzene rings is 12. The molecule has 0 saturated heterocycles. The van der Waals surface area contributed by atoms with Crippen LogP contribution >= 0.6 is 63.7 Å². The highest BCUT2D eigenvalue weighted by molar-refractivity contribution is 9.11. The van der Waals surface area contributed by atoms with Gasteiger partial charge in [0.05, 0.1) is 22.4 Å². The van der Waals surface area contributed by atoms with Gasteiger partial charge >= 0.3 is 7.12 Å². The van der Waals surface area contributed by atoms with Crippen molar-refractivity contribution in [1.82, 2.24) is 33.1 Å². The van der Waals surface area contributed by atoms with Gasteiger partial charge in [0.1, 0.15) is 22.8 Å². The zero-order valence-corrected chi connectivity index (χ0v) is 68.6. The molecule has 117 heavy (non-hydrogen) atoms. The van der Waals surface area contributed by atoms with E-state index in [0.717, 1.165) is 92.5 Å². The summed E-state index contributed by atoms with van der Waals surface area (Å²) in [5.74, 6) is 0.882. The topological polar surface area (TPSA) is 148 Å². The van der Waals surface area contributed by atoms with Crippen molar-refractivity contribution in [2.75, 3.05) is 11.1 Å². The normalized spacial score (nSPS) is 13.6. The predicted octanol–water partition coefficient (Wildman–Crippen LogP) is 26.2. The number of pyridine rings is 4. The standard InChI is InChI=1S/C33H20N2.2C17H11BrN2.C16H13BO2.C9H8N2.C8H6Br2O.CH4/c1-2-7-28-21(4-1)18-19-35-20-30(34-33(28)35)23-10-8-22(9-11-23)27-16-14-26-13-12-24-5-3-6-25-15-17-29(27)32(26)31(24)25;2*18-14-7-5-13(6-8-14)16-11-20-10-9-12-3-1-2-4-15(12)17(20)19-16;18-17(19)14-9-7-12-5-4-10-2-1-3-11-6-8-13(14)16(12)15(10)11;10-9-8-4-2-1-3-7(8)5-6-11-9;9-5-8(11)6-1-3-7(10)4-2-6;/h1-20H;2*1-11H;1-2,4-9,16,18-19H,3H2;1-6H,(H2,10,11);1-4H,5H2;1H4. The average molecular weight is 1780 g/mol. The highest BCUT2D eigenvalue weighted by Crippen LogP contribution is 2.49. The summed E-state index contributed by atoms with van der Waals surface area (Å²) in [7, 11) is -1.41. The lowest BCUT2D eigenvalue weighted by Gasteiger charge is -2.37. The Morgan fingerprint density at radius 3 is 1.38 bits per heavy atom. The molecule has 0 bridgehead atoms. The number of anilines is 1. The monoisotopic (exact) mass is 1770 g/mol. The molecule has 4 aliphatic carbocycles. The number of halogens is 4. The van der Waals surface area contributed by atoms with Gasteiger partial charge < -0.3 is 29.0 Å². The molecule has 7 aromatic heterocycles. The number of carbonyl (C=O) groups excluding carboxylic acids is 1. The quantitative estimate of drug-likeness (QED) is 0.0618. The second-order valence-corrected chi connectivity index (χ2v) is 31.8. The third-order valence-corrected chi connectivity index (χ3v) is 23.6. The molecule has 16 heteroatoms. The molecule has 23 rings (SSSR count). The summed E-state index contributed by atoms with van der Waals surface area (Å²) in [6.45, 7) is 0. The van der Waals surface area contributed by atoms with Crippen molar-refractivity contribution in [3.8, 4) is 44.9 Å². The number of fused-ring (bicyclic) bond motifs is 10. The largest absolute Gasteiger partial charge is 0.488 e. The van der Waals surface area contributed by atoms with Crippen molar-refractivity contribution in [2.24, 2.45) is 5.92 Å². The first-order valence-corrected chi connectivity index (χ1v) is 41.4. The number of nitrogen functional groups attached to an aromatic ring is 1. The van der Waals surface area contributed by atoms with Gasteiger partial charge in [-0.2, -0.15) is 0 Å². The molecule has 0 amide bonds. The van der Waals surface area contributed by atoms with Crippen LogP contribution in [-0.4, -0.2) is 61.4 Å². The fourth-order valence-electron chi connectivity index (χ4n) is 15.8. The molecular formula is C101H73BBr4N8O3. The van der Waals surface area contributed by atoms with Gasteiger partial charge in [-0.1, -0.05) is 332 Å². The number of hydrogen-bond donors (Lipinski definition) is 3. The number of ketones is 1. The zero-order chi connectivity index (χ0) is 78.9. The molecule has 1 unspecified atom stereocenters. The van der Waals surface area contributed by atoms with Crippen molar-refractivity contribution in [2.45, 2.75) is 13.8 Å². The smallest absolute Gasteiger partial charge is 0.423 e. The lowest BCUT2D eigenvalue weighted by molar-refractivity contribution is 0.102. The van der Waals surface area contributed by atoms with Crippen LogP contribution in [0.2, 0.25) is 0 Å². The number of nitrogens with two attached hydrogens (primary N) is 1. The van der Waals surface area contributed by atoms with E-state index in [1.54, 1.807) is 18.3 Å². The summed E-state index contributed by atoms with van der Waals surface area (Å²) in [6, 6.07) is 94.0. The average Bonchev–Trinajstić information content (AvgIpc) is 1.69. The van der Waals surface area contributed by atoms with Crippen LogP contribution in [0.15, 0.2) is 412 Å². The van der Waals surface area contributed by atoms with Gasteiger partial charge in [-0.25, -0.2) is 19.9 Å². The van der Waals surface area contributed by atoms with E-state index >= 15 is 0 Å². The second-order valence-electron chi connectivity index (χ2n) is 28.5. The minimum Gasteiger partial charge on any atom is -0.423 e. The number of allylic oxidation sites excluding steroid dienone is 14. The van der Waals surface area contributed by atoms with E-state index < -0.39 is 7.12 Å². The first kappa shape index (κ1) is 77.1. The van der Waals surface area contributed by atoms with E-state index in [1.807, 2.05) is 85.0 Å². The summed E-state index contributed by atoms with van der Waals surface area (Å²) in [5, 5.41) is 36.7. The Hall–Kier alpha value is -12.5. The highest BCUT2D eigenvalue weighted by Gasteiger charge is 2.37. The number of Topliss-reactive ketones (excluding diaryl/α,β-unsaturated/α-hetero) is 1. The van der Waals surface area contributed by atoms with Crippen molar-refractivity contribution in [3.05, 3.63) is 417 Å². The highest BCUT2D eigenvalue weighted by atomic mass is 79.9. The number of hydrogen-bond acceptors (Lipinski definition) is 8. The van der Waals surface area contributed by atoms with E-state index in [1.165, 1.54) is 98.1 Å². The number of imidazole rings is 3. The van der Waals surface area contributed by atoms with Gasteiger partial charge in [0.2, 0.25) is 0 Å². The minimum absolute atomic E-state index is 0. The van der Waals surface area contributed by atoms with E-state index in [0.29, 0.717) is 16.6 Å². The lowest BCUT2D eigenvalue weighted by atomic mass is 9.61. The molecule has 0 saturated carbocycles. The number of rotatable bonds is 7. The molecule has 0 spiro atoms. The van der Waals surface area contributed by atoms with Crippen LogP contribution in [0.25, 0.3) is 137 Å². The summed E-state index contributed by atoms with van der Waals surface area (Å²) in [5.41, 5.74) is 25.0. The zero-order valence-electron chi connectivity index (χ0n) is 62.2. The molecule has 4 N–H and O–H groups in total. The van der Waals surface area contributed by atoms with Crippen LogP contribution in [0, 0.1) is 5.92 Å². The van der Waals surface area contributed by atoms with E-state index in [-0.39, 0.29) is 19.1 Å². The summed E-state index contributed by atoms with van der Waals surface area (Å²) in [4.78, 5) is 29.6. The molecule has 566 valence electrons. The Kier molecular flexibility index (Phi) is 22.2. The van der Waals surface area contributed by atoms with Gasteiger partial charge in [0, 0.05) is 107 Å². The van der Waals surface area contributed by atoms with Gasteiger partial charge in [0.25, 0.3) is 0 Å². The minimum atomic E-state index is -1.41. The Bertz CT molecular complexity index is 7090. The Morgan fingerprint density at radius 1 is 0.436 bits per heavy atom. The fraction of sp³-hybridized carbons (Fsp3) is 0.0396. The second kappa shape index (κ2) is 33.7. The number of nitrogens with zero attached hydrogens (tertiary/aromatic N) is 7. The van der Waals surface area contributed by atoms with Crippen LogP contribution in [0.5, 0.6) is 0 Å². The molecule has 7 heterocycles. The Morgan fingerprint density at radius 2 is 0.880 bits per heavy atom. The summed E-state index contributed by atoms with van der Waals surface area (Å²) < 4.78 is 9.43. The van der Waals surface area contributed by atoms with Crippen LogP contribution in [0.1, 0.15) is 24.2 Å². The molecule has 0 radical (unpaired) electrons. The van der Waals surface area contributed by atoms with Gasteiger partial charge in [-0.05, 0) is 165 Å². The molecule has 12 aromatic carbocycles. The van der Waals surface area contributed by atoms with Crippen molar-refractivity contribution >= 4 is 175 Å². The van der Waals surface area contributed by atoms with Crippen molar-refractivity contribution < 1.29 is 14.8 Å². The molecule has 19 aromatic rings. The van der Waals surface area contributed by atoms with Gasteiger partial charge in [-0.3, -0.25) is 4.79 Å². The van der Waals surface area contributed by atoms with Crippen LogP contribution in [-0.2, 0) is 0 Å². The van der Waals surface area contributed by atoms with Crippen LogP contribution < -0.4 is 5.73 Å². The molecule has 0 aliphatic heterocycles. The molecule has 1 atom stereocenters. The third-order valence-electron chi connectivity index (χ3n) is 21.5. The maximum Gasteiger partial charge on any atom is 0.488 e. The molecule has 0 fully saturated rings. The number of carbonyl (C=O) groups is 1. The lowest BCUT2D eigenvalue weighted by Crippen LogP contribution is -2.28. The predicted molar refractivity (Wildman–Crippen MR) is 500 cm³/mol. The maximum absolute atomic E-state index is 11.1. The Labute approximate surface area is 709 Å². The summed E-state index contributed by atoms with van der Waals surface area (Å²) in [6.07, 6.45) is 31.8. The van der Waals surface area contributed by atoms with Crippen LogP contribution in [0.3, 0.4) is 0 Å². The molecular weight excluding hydrogens is 1700 g/mol. The van der Waals surface area contributed by atoms with Crippen molar-refractivity contribution in [1.29, 1.82) is 0 Å². The first-order valence-electron chi connectivity index (χ1n) is 37.9. The third kappa shape index (κ3) is 15.7. The number of alkyl halides is 1. The van der Waals surface area contributed by atoms with E-state index in [4.69, 9.17) is 20.7 Å². The fourth-order valence-corrected chi connectivity index (χ4v) is 16.9. The van der Waals surface area contributed by atoms with Gasteiger partial charge in [-0.15, -0.1) is 0 Å².